The Labute approximate surface area is 113 Å². The van der Waals surface area contributed by atoms with Gasteiger partial charge in [0.25, 0.3) is 5.56 Å². The van der Waals surface area contributed by atoms with Crippen molar-refractivity contribution in [1.29, 1.82) is 0 Å². The minimum absolute atomic E-state index is 0.0775. The summed E-state index contributed by atoms with van der Waals surface area (Å²) in [4.78, 5) is 18.9. The van der Waals surface area contributed by atoms with Crippen LogP contribution in [0.5, 0.6) is 0 Å². The molecule has 18 heavy (non-hydrogen) atoms. The number of aromatic nitrogens is 2. The first kappa shape index (κ1) is 13.6. The molecule has 0 saturated heterocycles. The molecule has 0 bridgehead atoms. The van der Waals surface area contributed by atoms with Crippen molar-refractivity contribution in [3.8, 4) is 0 Å². The van der Waals surface area contributed by atoms with Crippen LogP contribution >= 0.6 is 11.6 Å². The summed E-state index contributed by atoms with van der Waals surface area (Å²) in [5.74, 6) is 2.43. The Kier molecular flexibility index (Phi) is 4.81. The number of rotatable bonds is 4. The Hall–Kier alpha value is -0.830. The summed E-state index contributed by atoms with van der Waals surface area (Å²) >= 11 is 5.76. The van der Waals surface area contributed by atoms with Crippen molar-refractivity contribution >= 4 is 11.6 Å². The highest BCUT2D eigenvalue weighted by atomic mass is 35.5. The fourth-order valence-electron chi connectivity index (χ4n) is 2.92. The van der Waals surface area contributed by atoms with Gasteiger partial charge in [0.2, 0.25) is 0 Å². The standard InChI is InChI=1S/C14H21ClN2O/c1-2-3-10-4-6-11(7-5-10)14-16-12(9-15)8-13(18)17-14/h8,10-11H,2-7,9H2,1H3,(H,16,17,18). The van der Waals surface area contributed by atoms with Crippen LogP contribution in [0.4, 0.5) is 0 Å². The molecule has 1 heterocycles. The van der Waals surface area contributed by atoms with E-state index < -0.39 is 0 Å². The van der Waals surface area contributed by atoms with Crippen LogP contribution in [0.25, 0.3) is 0 Å². The van der Waals surface area contributed by atoms with Crippen LogP contribution in [0.1, 0.15) is 62.9 Å². The smallest absolute Gasteiger partial charge is 0.251 e. The second-order valence-corrected chi connectivity index (χ2v) is 5.53. The summed E-state index contributed by atoms with van der Waals surface area (Å²) in [7, 11) is 0. The Balaban J connectivity index is 2.05. The molecule has 0 unspecified atom stereocenters. The summed E-state index contributed by atoms with van der Waals surface area (Å²) in [6, 6.07) is 1.49. The van der Waals surface area contributed by atoms with E-state index in [0.717, 1.165) is 24.6 Å². The molecule has 2 rings (SSSR count). The monoisotopic (exact) mass is 268 g/mol. The molecule has 0 spiro atoms. The fourth-order valence-corrected chi connectivity index (χ4v) is 3.06. The van der Waals surface area contributed by atoms with Gasteiger partial charge in [0.15, 0.2) is 0 Å². The van der Waals surface area contributed by atoms with Gasteiger partial charge in [-0.15, -0.1) is 11.6 Å². The van der Waals surface area contributed by atoms with Gasteiger partial charge < -0.3 is 4.98 Å². The number of hydrogen-bond donors (Lipinski definition) is 1. The molecule has 0 aromatic carbocycles. The summed E-state index contributed by atoms with van der Waals surface area (Å²) in [6.07, 6.45) is 7.39. The molecule has 0 radical (unpaired) electrons. The third kappa shape index (κ3) is 3.35. The molecule has 4 heteroatoms. The first-order chi connectivity index (χ1) is 8.72. The normalized spacial score (nSPS) is 24.1. The zero-order valence-corrected chi connectivity index (χ0v) is 11.7. The molecule has 1 aromatic heterocycles. The topological polar surface area (TPSA) is 45.8 Å². The number of nitrogens with zero attached hydrogens (tertiary/aromatic N) is 1. The van der Waals surface area contributed by atoms with Crippen molar-refractivity contribution in [2.24, 2.45) is 5.92 Å². The molecule has 1 aliphatic rings. The van der Waals surface area contributed by atoms with Gasteiger partial charge in [0.05, 0.1) is 11.6 Å². The molecule has 1 N–H and O–H groups in total. The van der Waals surface area contributed by atoms with Gasteiger partial charge in [-0.2, -0.15) is 0 Å². The van der Waals surface area contributed by atoms with Crippen LogP contribution in [0.2, 0.25) is 0 Å². The third-order valence-electron chi connectivity index (χ3n) is 3.88. The molecule has 0 aliphatic heterocycles. The van der Waals surface area contributed by atoms with Gasteiger partial charge in [-0.25, -0.2) is 4.98 Å². The molecule has 100 valence electrons. The average molecular weight is 269 g/mol. The molecule has 1 aliphatic carbocycles. The lowest BCUT2D eigenvalue weighted by Crippen LogP contribution is -2.19. The minimum atomic E-state index is -0.0775. The van der Waals surface area contributed by atoms with E-state index in [1.165, 1.54) is 31.7 Å². The average Bonchev–Trinajstić information content (AvgIpc) is 2.39. The van der Waals surface area contributed by atoms with E-state index >= 15 is 0 Å². The molecule has 1 fully saturated rings. The van der Waals surface area contributed by atoms with Crippen LogP contribution in [0, 0.1) is 5.92 Å². The van der Waals surface area contributed by atoms with Crippen molar-refractivity contribution < 1.29 is 0 Å². The van der Waals surface area contributed by atoms with Crippen LogP contribution in [0.3, 0.4) is 0 Å². The highest BCUT2D eigenvalue weighted by Gasteiger charge is 2.23. The molecule has 1 saturated carbocycles. The summed E-state index contributed by atoms with van der Waals surface area (Å²) < 4.78 is 0. The van der Waals surface area contributed by atoms with E-state index in [-0.39, 0.29) is 5.56 Å². The van der Waals surface area contributed by atoms with Gasteiger partial charge >= 0.3 is 0 Å². The van der Waals surface area contributed by atoms with E-state index in [0.29, 0.717) is 17.5 Å². The van der Waals surface area contributed by atoms with Crippen LogP contribution in [0.15, 0.2) is 10.9 Å². The van der Waals surface area contributed by atoms with Crippen LogP contribution in [-0.2, 0) is 5.88 Å². The van der Waals surface area contributed by atoms with E-state index in [2.05, 4.69) is 16.9 Å². The van der Waals surface area contributed by atoms with E-state index in [9.17, 15) is 4.79 Å². The number of aromatic amines is 1. The van der Waals surface area contributed by atoms with Gasteiger partial charge in [-0.05, 0) is 31.6 Å². The SMILES string of the molecule is CCCC1CCC(c2nc(CCl)cc(=O)[nH]2)CC1. The molecule has 0 atom stereocenters. The maximum absolute atomic E-state index is 11.5. The Bertz CT molecular complexity index is 436. The highest BCUT2D eigenvalue weighted by Crippen LogP contribution is 2.35. The number of nitrogens with one attached hydrogen (secondary N) is 1. The summed E-state index contributed by atoms with van der Waals surface area (Å²) in [5, 5.41) is 0. The second-order valence-electron chi connectivity index (χ2n) is 5.26. The van der Waals surface area contributed by atoms with Crippen LogP contribution < -0.4 is 5.56 Å². The van der Waals surface area contributed by atoms with Crippen LogP contribution in [-0.4, -0.2) is 9.97 Å². The van der Waals surface area contributed by atoms with Gasteiger partial charge in [-0.1, -0.05) is 19.8 Å². The molecule has 0 amide bonds. The van der Waals surface area contributed by atoms with E-state index in [1.54, 1.807) is 0 Å². The highest BCUT2D eigenvalue weighted by molar-refractivity contribution is 6.16. The van der Waals surface area contributed by atoms with Crippen molar-refractivity contribution in [2.45, 2.75) is 57.2 Å². The third-order valence-corrected chi connectivity index (χ3v) is 4.15. The number of alkyl halides is 1. The molecule has 1 aromatic rings. The Morgan fingerprint density at radius 3 is 2.72 bits per heavy atom. The molecular formula is C14H21ClN2O. The van der Waals surface area contributed by atoms with Crippen molar-refractivity contribution in [3.05, 3.63) is 27.9 Å². The summed E-state index contributed by atoms with van der Waals surface area (Å²) in [5.41, 5.74) is 0.609. The quantitative estimate of drug-likeness (QED) is 0.849. The fraction of sp³-hybridized carbons (Fsp3) is 0.714. The lowest BCUT2D eigenvalue weighted by atomic mass is 9.80. The molecule has 3 nitrogen and oxygen atoms in total. The largest absolute Gasteiger partial charge is 0.310 e. The first-order valence-electron chi connectivity index (χ1n) is 6.89. The van der Waals surface area contributed by atoms with Crippen molar-refractivity contribution in [1.82, 2.24) is 9.97 Å². The number of hydrogen-bond acceptors (Lipinski definition) is 2. The Morgan fingerprint density at radius 2 is 2.11 bits per heavy atom. The van der Waals surface area contributed by atoms with Crippen molar-refractivity contribution in [3.63, 3.8) is 0 Å². The minimum Gasteiger partial charge on any atom is -0.310 e. The van der Waals surface area contributed by atoms with E-state index in [4.69, 9.17) is 11.6 Å². The van der Waals surface area contributed by atoms with Crippen molar-refractivity contribution in [2.75, 3.05) is 0 Å². The first-order valence-corrected chi connectivity index (χ1v) is 7.42. The predicted octanol–water partition coefficient (Wildman–Crippen LogP) is 3.58. The maximum Gasteiger partial charge on any atom is 0.251 e. The maximum atomic E-state index is 11.5. The molecular weight excluding hydrogens is 248 g/mol. The number of halogens is 1. The Morgan fingerprint density at radius 1 is 1.39 bits per heavy atom. The number of H-pyrrole nitrogens is 1. The van der Waals surface area contributed by atoms with Gasteiger partial charge in [0, 0.05) is 12.0 Å². The van der Waals surface area contributed by atoms with Gasteiger partial charge in [-0.3, -0.25) is 4.79 Å². The predicted molar refractivity (Wildman–Crippen MR) is 74.0 cm³/mol. The van der Waals surface area contributed by atoms with Gasteiger partial charge in [0.1, 0.15) is 5.82 Å². The van der Waals surface area contributed by atoms with E-state index in [1.807, 2.05) is 0 Å². The lowest BCUT2D eigenvalue weighted by molar-refractivity contribution is 0.302. The zero-order chi connectivity index (χ0) is 13.0. The lowest BCUT2D eigenvalue weighted by Gasteiger charge is -2.27. The summed E-state index contributed by atoms with van der Waals surface area (Å²) in [6.45, 7) is 2.25. The second kappa shape index (κ2) is 6.37. The zero-order valence-electron chi connectivity index (χ0n) is 10.9.